The Bertz CT molecular complexity index is 221. The molecule has 5 nitrogen and oxygen atoms in total. The Kier molecular flexibility index (Phi) is 4.56. The van der Waals surface area contributed by atoms with Gasteiger partial charge in [0.1, 0.15) is 6.04 Å². The SMILES string of the molecule is CC(=O)N[C@@H](CO)C(=O)NC(C)(C)C. The molecule has 0 saturated carbocycles. The van der Waals surface area contributed by atoms with Crippen molar-refractivity contribution >= 4 is 11.8 Å². The van der Waals surface area contributed by atoms with Gasteiger partial charge in [-0.2, -0.15) is 0 Å². The third kappa shape index (κ3) is 5.53. The number of carbonyl (C=O) groups excluding carboxylic acids is 2. The second-order valence-electron chi connectivity index (χ2n) is 4.17. The second kappa shape index (κ2) is 4.95. The molecule has 0 spiro atoms. The van der Waals surface area contributed by atoms with Gasteiger partial charge in [0.25, 0.3) is 0 Å². The number of nitrogens with one attached hydrogen (secondary N) is 2. The molecule has 0 unspecified atom stereocenters. The van der Waals surface area contributed by atoms with Gasteiger partial charge in [-0.25, -0.2) is 0 Å². The highest BCUT2D eigenvalue weighted by Gasteiger charge is 2.22. The van der Waals surface area contributed by atoms with E-state index in [9.17, 15) is 9.59 Å². The summed E-state index contributed by atoms with van der Waals surface area (Å²) in [6.07, 6.45) is 0. The minimum atomic E-state index is -0.869. The predicted molar refractivity (Wildman–Crippen MR) is 52.6 cm³/mol. The van der Waals surface area contributed by atoms with Gasteiger partial charge in [-0.3, -0.25) is 9.59 Å². The van der Waals surface area contributed by atoms with Crippen LogP contribution in [0.1, 0.15) is 27.7 Å². The summed E-state index contributed by atoms with van der Waals surface area (Å²) in [5.74, 6) is -0.719. The highest BCUT2D eigenvalue weighted by atomic mass is 16.3. The van der Waals surface area contributed by atoms with Crippen molar-refractivity contribution in [3.05, 3.63) is 0 Å². The van der Waals surface area contributed by atoms with Crippen molar-refractivity contribution in [1.29, 1.82) is 0 Å². The third-order valence-electron chi connectivity index (χ3n) is 1.37. The summed E-state index contributed by atoms with van der Waals surface area (Å²) >= 11 is 0. The molecule has 0 fully saturated rings. The van der Waals surface area contributed by atoms with Gasteiger partial charge in [-0.1, -0.05) is 0 Å². The molecule has 0 aliphatic carbocycles. The van der Waals surface area contributed by atoms with E-state index in [1.165, 1.54) is 6.92 Å². The van der Waals surface area contributed by atoms with E-state index in [-0.39, 0.29) is 17.4 Å². The Morgan fingerprint density at radius 2 is 1.86 bits per heavy atom. The lowest BCUT2D eigenvalue weighted by atomic mass is 10.1. The molecule has 0 aromatic heterocycles. The van der Waals surface area contributed by atoms with Crippen LogP contribution >= 0.6 is 0 Å². The average molecular weight is 202 g/mol. The standard InChI is InChI=1S/C9H18N2O3/c1-6(13)10-7(5-12)8(14)11-9(2,3)4/h7,12H,5H2,1-4H3,(H,10,13)(H,11,14)/t7-/m0/s1. The minimum absolute atomic E-state index is 0.340. The number of hydrogen-bond donors (Lipinski definition) is 3. The maximum Gasteiger partial charge on any atom is 0.245 e. The predicted octanol–water partition coefficient (Wildman–Crippen LogP) is -0.602. The fraction of sp³-hybridized carbons (Fsp3) is 0.778. The first kappa shape index (κ1) is 12.9. The minimum Gasteiger partial charge on any atom is -0.394 e. The van der Waals surface area contributed by atoms with E-state index >= 15 is 0 Å². The monoisotopic (exact) mass is 202 g/mol. The second-order valence-corrected chi connectivity index (χ2v) is 4.17. The van der Waals surface area contributed by atoms with Crippen LogP contribution in [0.15, 0.2) is 0 Å². The largest absolute Gasteiger partial charge is 0.394 e. The Balaban J connectivity index is 4.25. The molecular weight excluding hydrogens is 184 g/mol. The smallest absolute Gasteiger partial charge is 0.245 e. The maximum absolute atomic E-state index is 11.4. The number of aliphatic hydroxyl groups excluding tert-OH is 1. The fourth-order valence-electron chi connectivity index (χ4n) is 0.896. The Labute approximate surface area is 83.9 Å². The van der Waals surface area contributed by atoms with Crippen LogP contribution in [0, 0.1) is 0 Å². The Hall–Kier alpha value is -1.10. The zero-order valence-electron chi connectivity index (χ0n) is 9.05. The molecule has 1 atom stereocenters. The summed E-state index contributed by atoms with van der Waals surface area (Å²) in [6.45, 7) is 6.38. The van der Waals surface area contributed by atoms with E-state index in [4.69, 9.17) is 5.11 Å². The average Bonchev–Trinajstić information content (AvgIpc) is 1.96. The van der Waals surface area contributed by atoms with E-state index in [1.54, 1.807) is 0 Å². The quantitative estimate of drug-likeness (QED) is 0.571. The van der Waals surface area contributed by atoms with Crippen LogP contribution in [-0.4, -0.2) is 35.1 Å². The molecule has 0 heterocycles. The van der Waals surface area contributed by atoms with Crippen molar-refractivity contribution in [2.75, 3.05) is 6.61 Å². The van der Waals surface area contributed by atoms with Crippen molar-refractivity contribution in [2.24, 2.45) is 0 Å². The maximum atomic E-state index is 11.4. The molecule has 0 rings (SSSR count). The van der Waals surface area contributed by atoms with Crippen LogP contribution in [-0.2, 0) is 9.59 Å². The normalized spacial score (nSPS) is 13.2. The Morgan fingerprint density at radius 3 is 2.14 bits per heavy atom. The molecule has 0 bridgehead atoms. The van der Waals surface area contributed by atoms with E-state index in [0.29, 0.717) is 0 Å². The molecule has 0 radical (unpaired) electrons. The molecule has 0 saturated heterocycles. The molecule has 0 aromatic carbocycles. The number of rotatable bonds is 3. The lowest BCUT2D eigenvalue weighted by molar-refractivity contribution is -0.130. The van der Waals surface area contributed by atoms with Gasteiger partial charge in [-0.15, -0.1) is 0 Å². The van der Waals surface area contributed by atoms with E-state index in [1.807, 2.05) is 20.8 Å². The van der Waals surface area contributed by atoms with Crippen LogP contribution < -0.4 is 10.6 Å². The molecule has 0 aliphatic rings. The molecular formula is C9H18N2O3. The summed E-state index contributed by atoms with van der Waals surface area (Å²) in [5.41, 5.74) is -0.372. The summed E-state index contributed by atoms with van der Waals surface area (Å²) in [5, 5.41) is 13.9. The van der Waals surface area contributed by atoms with Crippen molar-refractivity contribution in [2.45, 2.75) is 39.3 Å². The van der Waals surface area contributed by atoms with Crippen molar-refractivity contribution in [1.82, 2.24) is 10.6 Å². The van der Waals surface area contributed by atoms with E-state index < -0.39 is 12.6 Å². The summed E-state index contributed by atoms with van der Waals surface area (Å²) in [7, 11) is 0. The fourth-order valence-corrected chi connectivity index (χ4v) is 0.896. The summed E-state index contributed by atoms with van der Waals surface area (Å²) in [6, 6.07) is -0.869. The van der Waals surface area contributed by atoms with Gasteiger partial charge in [0, 0.05) is 12.5 Å². The topological polar surface area (TPSA) is 78.4 Å². The van der Waals surface area contributed by atoms with Crippen molar-refractivity contribution < 1.29 is 14.7 Å². The Morgan fingerprint density at radius 1 is 1.36 bits per heavy atom. The van der Waals surface area contributed by atoms with Gasteiger partial charge in [0.05, 0.1) is 6.61 Å². The molecule has 5 heteroatoms. The molecule has 0 aliphatic heterocycles. The van der Waals surface area contributed by atoms with E-state index in [0.717, 1.165) is 0 Å². The van der Waals surface area contributed by atoms with Gasteiger partial charge in [0.15, 0.2) is 0 Å². The zero-order valence-corrected chi connectivity index (χ0v) is 9.05. The zero-order chi connectivity index (χ0) is 11.4. The highest BCUT2D eigenvalue weighted by molar-refractivity contribution is 5.87. The first-order chi connectivity index (χ1) is 6.26. The van der Waals surface area contributed by atoms with Gasteiger partial charge >= 0.3 is 0 Å². The van der Waals surface area contributed by atoms with Gasteiger partial charge < -0.3 is 15.7 Å². The summed E-state index contributed by atoms with van der Waals surface area (Å²) in [4.78, 5) is 22.1. The first-order valence-electron chi connectivity index (χ1n) is 4.46. The van der Waals surface area contributed by atoms with Crippen LogP contribution in [0.2, 0.25) is 0 Å². The van der Waals surface area contributed by atoms with Gasteiger partial charge in [-0.05, 0) is 20.8 Å². The molecule has 82 valence electrons. The number of aliphatic hydroxyl groups is 1. The molecule has 0 aromatic rings. The van der Waals surface area contributed by atoms with Crippen molar-refractivity contribution in [3.8, 4) is 0 Å². The number of hydrogen-bond acceptors (Lipinski definition) is 3. The van der Waals surface area contributed by atoms with Crippen LogP contribution in [0.5, 0.6) is 0 Å². The lowest BCUT2D eigenvalue weighted by Gasteiger charge is -2.24. The van der Waals surface area contributed by atoms with E-state index in [2.05, 4.69) is 10.6 Å². The van der Waals surface area contributed by atoms with Crippen molar-refractivity contribution in [3.63, 3.8) is 0 Å². The highest BCUT2D eigenvalue weighted by Crippen LogP contribution is 1.99. The van der Waals surface area contributed by atoms with Crippen LogP contribution in [0.25, 0.3) is 0 Å². The molecule has 3 N–H and O–H groups in total. The lowest BCUT2D eigenvalue weighted by Crippen LogP contribution is -2.53. The molecule has 2 amide bonds. The summed E-state index contributed by atoms with van der Waals surface area (Å²) < 4.78 is 0. The van der Waals surface area contributed by atoms with Crippen LogP contribution in [0.4, 0.5) is 0 Å². The first-order valence-corrected chi connectivity index (χ1v) is 4.46. The number of carbonyl (C=O) groups is 2. The number of amides is 2. The van der Waals surface area contributed by atoms with Gasteiger partial charge in [0.2, 0.25) is 11.8 Å². The third-order valence-corrected chi connectivity index (χ3v) is 1.37. The van der Waals surface area contributed by atoms with Crippen LogP contribution in [0.3, 0.4) is 0 Å². The molecule has 14 heavy (non-hydrogen) atoms.